The largest absolute Gasteiger partial charge is 0.309 e. The Morgan fingerprint density at radius 1 is 0.306 bits per heavy atom. The van der Waals surface area contributed by atoms with Crippen LogP contribution < -0.4 is 0 Å². The molecule has 8 aromatic carbocycles. The highest BCUT2D eigenvalue weighted by Gasteiger charge is 2.24. The third-order valence-electron chi connectivity index (χ3n) is 9.97. The second kappa shape index (κ2) is 11.2. The van der Waals surface area contributed by atoms with Crippen LogP contribution >= 0.6 is 22.6 Å². The van der Waals surface area contributed by atoms with Crippen LogP contribution in [-0.2, 0) is 0 Å². The van der Waals surface area contributed by atoms with Gasteiger partial charge in [-0.2, -0.15) is 0 Å². The van der Waals surface area contributed by atoms with Gasteiger partial charge in [0.1, 0.15) is 0 Å². The monoisotopic (exact) mass is 736 g/mol. The molecule has 0 fully saturated rings. The molecule has 0 spiro atoms. The van der Waals surface area contributed by atoms with Gasteiger partial charge in [-0.25, -0.2) is 0 Å². The van der Waals surface area contributed by atoms with E-state index < -0.39 is 0 Å². The quantitative estimate of drug-likeness (QED) is 0.159. The fraction of sp³-hybridized carbons (Fsp3) is 0. The molecule has 0 bridgehead atoms. The van der Waals surface area contributed by atoms with E-state index in [4.69, 9.17) is 0 Å². The molecule has 0 unspecified atom stereocenters. The molecular weight excluding hydrogens is 707 g/mol. The molecule has 0 atom stereocenters. The number of hydrogen-bond acceptors (Lipinski definition) is 0. The van der Waals surface area contributed by atoms with E-state index in [1.54, 1.807) is 0 Å². The normalized spacial score (nSPS) is 11.8. The molecule has 0 amide bonds. The Bertz CT molecular complexity index is 2840. The predicted molar refractivity (Wildman–Crippen MR) is 216 cm³/mol. The molecule has 49 heavy (non-hydrogen) atoms. The van der Waals surface area contributed by atoms with Gasteiger partial charge in [-0.15, -0.1) is 0 Å². The molecular formula is C46H29IN2. The lowest BCUT2D eigenvalue weighted by Crippen LogP contribution is -1.97. The van der Waals surface area contributed by atoms with Gasteiger partial charge in [0, 0.05) is 47.3 Å². The summed E-state index contributed by atoms with van der Waals surface area (Å²) in [5.41, 5.74) is 12.1. The number of benzene rings is 8. The first-order valence-electron chi connectivity index (χ1n) is 16.6. The minimum atomic E-state index is 1.15. The minimum absolute atomic E-state index is 1.15. The molecule has 0 aliphatic carbocycles. The van der Waals surface area contributed by atoms with Gasteiger partial charge >= 0.3 is 0 Å². The topological polar surface area (TPSA) is 9.86 Å². The van der Waals surface area contributed by atoms with E-state index in [9.17, 15) is 0 Å². The lowest BCUT2D eigenvalue weighted by Gasteiger charge is -2.14. The maximum Gasteiger partial charge on any atom is 0.0627 e. The summed E-state index contributed by atoms with van der Waals surface area (Å²) in [7, 11) is 0. The molecule has 230 valence electrons. The number of aromatic nitrogens is 2. The first-order chi connectivity index (χ1) is 24.2. The van der Waals surface area contributed by atoms with Crippen LogP contribution in [0.3, 0.4) is 0 Å². The van der Waals surface area contributed by atoms with Crippen molar-refractivity contribution in [1.29, 1.82) is 0 Å². The Balaban J connectivity index is 1.24. The average molecular weight is 737 g/mol. The Morgan fingerprint density at radius 3 is 1.12 bits per heavy atom. The summed E-state index contributed by atoms with van der Waals surface area (Å²) in [4.78, 5) is 0. The van der Waals surface area contributed by atoms with Crippen molar-refractivity contribution < 1.29 is 0 Å². The van der Waals surface area contributed by atoms with Crippen molar-refractivity contribution in [3.05, 3.63) is 179 Å². The molecule has 0 radical (unpaired) electrons. The summed E-state index contributed by atoms with van der Waals surface area (Å²) in [6.45, 7) is 0. The van der Waals surface area contributed by atoms with Gasteiger partial charge in [0.2, 0.25) is 0 Å². The highest BCUT2D eigenvalue weighted by atomic mass is 127. The van der Waals surface area contributed by atoms with E-state index in [0.717, 1.165) is 5.69 Å². The number of nitrogens with zero attached hydrogens (tertiary/aromatic N) is 2. The van der Waals surface area contributed by atoms with Crippen molar-refractivity contribution in [2.24, 2.45) is 0 Å². The molecule has 0 saturated carbocycles. The van der Waals surface area contributed by atoms with Crippen LogP contribution in [0.15, 0.2) is 176 Å². The molecule has 0 aliphatic heterocycles. The summed E-state index contributed by atoms with van der Waals surface area (Å²) in [6, 6.07) is 64.1. The van der Waals surface area contributed by atoms with Crippen molar-refractivity contribution in [3.63, 3.8) is 0 Å². The van der Waals surface area contributed by atoms with Crippen molar-refractivity contribution in [2.45, 2.75) is 0 Å². The second-order valence-corrected chi connectivity index (χ2v) is 13.9. The standard InChI is InChI=1S/C46H29IN2/c47-34-24-28-36(29-25-34)49-42-17-9-7-15-40(42)44-43-39-14-6-8-16-41(39)48(45(43)37-12-4-5-13-38(37)46(44)49)35-26-22-33(23-27-35)32-20-18-31(19-21-32)30-10-2-1-3-11-30/h1-29H. The van der Waals surface area contributed by atoms with Gasteiger partial charge < -0.3 is 9.13 Å². The van der Waals surface area contributed by atoms with Crippen LogP contribution in [0.2, 0.25) is 0 Å². The van der Waals surface area contributed by atoms with Crippen molar-refractivity contribution in [3.8, 4) is 33.6 Å². The van der Waals surface area contributed by atoms with Gasteiger partial charge in [0.05, 0.1) is 22.1 Å². The van der Waals surface area contributed by atoms with Crippen molar-refractivity contribution >= 4 is 77.0 Å². The molecule has 10 aromatic rings. The summed E-state index contributed by atoms with van der Waals surface area (Å²) < 4.78 is 6.17. The Kier molecular flexibility index (Phi) is 6.49. The SMILES string of the molecule is Ic1ccc(-n2c3ccccc3c3c4c5ccccc5n(-c5ccc(-c6ccc(-c7ccccc7)cc6)cc5)c4c4ccccc4c32)cc1. The minimum Gasteiger partial charge on any atom is -0.309 e. The maximum absolute atomic E-state index is 2.48. The summed E-state index contributed by atoms with van der Waals surface area (Å²) >= 11 is 2.39. The van der Waals surface area contributed by atoms with E-state index >= 15 is 0 Å². The first-order valence-corrected chi connectivity index (χ1v) is 17.7. The number of para-hydroxylation sites is 2. The molecule has 0 N–H and O–H groups in total. The predicted octanol–water partition coefficient (Wildman–Crippen LogP) is 13.0. The number of halogens is 1. The molecule has 3 heteroatoms. The van der Waals surface area contributed by atoms with Crippen molar-refractivity contribution in [2.75, 3.05) is 0 Å². The first kappa shape index (κ1) is 28.4. The summed E-state index contributed by atoms with van der Waals surface area (Å²) in [6.07, 6.45) is 0. The molecule has 0 aliphatic rings. The van der Waals surface area contributed by atoms with Gasteiger partial charge in [0.15, 0.2) is 0 Å². The highest BCUT2D eigenvalue weighted by Crippen LogP contribution is 2.46. The Labute approximate surface area is 297 Å². The van der Waals surface area contributed by atoms with Crippen LogP contribution in [0.1, 0.15) is 0 Å². The van der Waals surface area contributed by atoms with Crippen LogP contribution in [-0.4, -0.2) is 9.13 Å². The number of hydrogen-bond donors (Lipinski definition) is 0. The third kappa shape index (κ3) is 4.39. The van der Waals surface area contributed by atoms with E-state index in [1.165, 1.54) is 85.9 Å². The van der Waals surface area contributed by atoms with Gasteiger partial charge in [-0.3, -0.25) is 0 Å². The molecule has 2 aromatic heterocycles. The van der Waals surface area contributed by atoms with Crippen LogP contribution in [0.4, 0.5) is 0 Å². The summed E-state index contributed by atoms with van der Waals surface area (Å²) in [5, 5.41) is 7.62. The number of fused-ring (bicyclic) bond motifs is 10. The summed E-state index contributed by atoms with van der Waals surface area (Å²) in [5.74, 6) is 0. The molecule has 10 rings (SSSR count). The lowest BCUT2D eigenvalue weighted by molar-refractivity contribution is 1.18. The van der Waals surface area contributed by atoms with Crippen LogP contribution in [0, 0.1) is 3.57 Å². The van der Waals surface area contributed by atoms with Crippen LogP contribution in [0.5, 0.6) is 0 Å². The maximum atomic E-state index is 2.48. The Morgan fingerprint density at radius 2 is 0.653 bits per heavy atom. The van der Waals surface area contributed by atoms with Gasteiger partial charge in [0.25, 0.3) is 0 Å². The fourth-order valence-corrected chi connectivity index (χ4v) is 8.17. The molecule has 2 heterocycles. The number of rotatable bonds is 4. The zero-order valence-corrected chi connectivity index (χ0v) is 28.7. The second-order valence-electron chi connectivity index (χ2n) is 12.7. The molecule has 2 nitrogen and oxygen atoms in total. The van der Waals surface area contributed by atoms with E-state index in [0.29, 0.717) is 0 Å². The van der Waals surface area contributed by atoms with Gasteiger partial charge in [-0.1, -0.05) is 127 Å². The van der Waals surface area contributed by atoms with E-state index in [1.807, 2.05) is 0 Å². The zero-order valence-electron chi connectivity index (χ0n) is 26.5. The van der Waals surface area contributed by atoms with E-state index in [2.05, 4.69) is 208 Å². The van der Waals surface area contributed by atoms with Crippen LogP contribution in [0.25, 0.3) is 88.0 Å². The molecule has 0 saturated heterocycles. The average Bonchev–Trinajstić information content (AvgIpc) is 3.70. The van der Waals surface area contributed by atoms with E-state index in [-0.39, 0.29) is 0 Å². The smallest absolute Gasteiger partial charge is 0.0627 e. The zero-order chi connectivity index (χ0) is 32.5. The third-order valence-corrected chi connectivity index (χ3v) is 10.7. The lowest BCUT2D eigenvalue weighted by atomic mass is 9.99. The Hall–Kier alpha value is -5.65. The fourth-order valence-electron chi connectivity index (χ4n) is 7.81. The van der Waals surface area contributed by atoms with Crippen molar-refractivity contribution in [1.82, 2.24) is 9.13 Å². The highest BCUT2D eigenvalue weighted by molar-refractivity contribution is 14.1. The van der Waals surface area contributed by atoms with Gasteiger partial charge in [-0.05, 0) is 93.4 Å².